The summed E-state index contributed by atoms with van der Waals surface area (Å²) in [5.41, 5.74) is 21.3. The molecule has 0 bridgehead atoms. The second kappa shape index (κ2) is 38.0. The summed E-state index contributed by atoms with van der Waals surface area (Å²) in [5, 5.41) is 20.6. The molecule has 0 aliphatic heterocycles. The quantitative estimate of drug-likeness (QED) is 0.0524. The van der Waals surface area contributed by atoms with Gasteiger partial charge in [-0.2, -0.15) is 9.79 Å². The van der Waals surface area contributed by atoms with Crippen molar-refractivity contribution in [3.05, 3.63) is 357 Å². The molecular formula is C93H91AlIrN5O4P-. The Balaban J connectivity index is 0.000000173. The SMILES string of the molecule is CC(C)(C)C(O)CC(O)C(C)(C)C.Cc1ccc2cccc([O][Al][O]c3ccc(-c4ccccc4)cc3)c2n1.Cc1cccc(N(c2ccccc2)c2ccc(-c3ccc(N(c4ccccc4)c4cccc(C)c4)cc3)cc2)c1.[2H]P[3H].[Ir].[c-]1ccccc1-c1ncc(-c2ccccc2)nc1-c1ccccc1. The first-order valence-electron chi connectivity index (χ1n) is 35.9. The van der Waals surface area contributed by atoms with Crippen molar-refractivity contribution in [3.8, 4) is 67.5 Å². The van der Waals surface area contributed by atoms with Crippen LogP contribution in [0.5, 0.6) is 11.5 Å². The van der Waals surface area contributed by atoms with Crippen LogP contribution < -0.4 is 17.4 Å². The van der Waals surface area contributed by atoms with Crippen LogP contribution in [0.15, 0.2) is 334 Å². The van der Waals surface area contributed by atoms with Crippen molar-refractivity contribution < 1.29 is 37.9 Å². The zero-order chi connectivity index (χ0) is 74.8. The van der Waals surface area contributed by atoms with E-state index in [0.717, 1.165) is 96.0 Å². The molecule has 0 saturated carbocycles. The van der Waals surface area contributed by atoms with Gasteiger partial charge in [0.1, 0.15) is 11.3 Å². The fourth-order valence-electron chi connectivity index (χ4n) is 11.6. The van der Waals surface area contributed by atoms with Gasteiger partial charge in [-0.05, 0) is 168 Å². The van der Waals surface area contributed by atoms with E-state index < -0.39 is 37.9 Å². The van der Waals surface area contributed by atoms with Crippen molar-refractivity contribution in [2.24, 2.45) is 10.8 Å². The molecule has 14 rings (SSSR count). The standard InChI is InChI=1S/C38H32N2.C22H15N2.C12H10O.C11H24O2.C10H9NO.Al.Ir.H3P/c1-29-11-9-17-37(27-29)39(33-13-5-3-6-14-33)35-23-19-31(20-24-35)32-21-25-36(26-22-32)40(34-15-7-4-8-16-34)38-18-10-12-30(2)28-38;1-4-10-17(11-5-1)20-16-23-21(18-12-6-2-7-13-18)22(24-20)19-14-8-3-9-15-19;13-12-8-6-11(7-9-12)10-4-2-1-3-5-10;1-10(2,3)8(12)7-9(13)11(4,5)6;1-7-5-6-8-3-2-4-9(12)10(8)11-7;;;/h3-28H,1-2H3;1-12,14-16H;1-9,13H;8-9,12-13H,7H2,1-6H3;2-6,12H,1H3;;;1H3/q;-1;;;;+2;;/p-2/i;;;;;;;1TD. The van der Waals surface area contributed by atoms with Crippen molar-refractivity contribution in [1.29, 1.82) is 2.56 Å². The summed E-state index contributed by atoms with van der Waals surface area (Å²) in [5.74, 6) is 1.58. The number of anilines is 6. The number of aromatic nitrogens is 3. The second-order valence-electron chi connectivity index (χ2n) is 27.6. The number of aryl methyl sites for hydroxylation is 3. The number of hydrogen-bond acceptors (Lipinski definition) is 9. The Morgan fingerprint density at radius 3 is 1.33 bits per heavy atom. The maximum Gasteiger partial charge on any atom is 0.881 e. The van der Waals surface area contributed by atoms with Crippen LogP contribution in [0.25, 0.3) is 66.9 Å². The molecule has 2 radical (unpaired) electrons. The van der Waals surface area contributed by atoms with Gasteiger partial charge in [-0.1, -0.05) is 248 Å². The molecule has 0 saturated heterocycles. The van der Waals surface area contributed by atoms with Gasteiger partial charge in [-0.3, -0.25) is 4.98 Å². The summed E-state index contributed by atoms with van der Waals surface area (Å²) < 4.78 is 23.5. The molecule has 2 N–H and O–H groups in total. The van der Waals surface area contributed by atoms with E-state index in [9.17, 15) is 10.2 Å². The predicted octanol–water partition coefficient (Wildman–Crippen LogP) is 23.6. The van der Waals surface area contributed by atoms with Crippen molar-refractivity contribution in [2.75, 3.05) is 9.80 Å². The van der Waals surface area contributed by atoms with Crippen molar-refractivity contribution >= 4 is 70.7 Å². The van der Waals surface area contributed by atoms with Gasteiger partial charge in [0.25, 0.3) is 0 Å². The predicted molar refractivity (Wildman–Crippen MR) is 440 cm³/mol. The fourth-order valence-corrected chi connectivity index (χ4v) is 12.2. The molecule has 0 fully saturated rings. The Bertz CT molecular complexity index is 4830. The number of aliphatic hydroxyl groups is 2. The zero-order valence-electron chi connectivity index (χ0n) is 63.0. The summed E-state index contributed by atoms with van der Waals surface area (Å²) in [6, 6.07) is 116. The summed E-state index contributed by atoms with van der Waals surface area (Å²) in [4.78, 5) is 18.8. The van der Waals surface area contributed by atoms with Crippen molar-refractivity contribution in [3.63, 3.8) is 0 Å². The Kier molecular flexibility index (Phi) is 27.5. The number of rotatable bonds is 17. The number of pyridine rings is 1. The largest absolute Gasteiger partial charge is 0.881 e. The normalized spacial score (nSPS) is 11.7. The average molecular weight is 1600 g/mol. The van der Waals surface area contributed by atoms with Gasteiger partial charge < -0.3 is 32.6 Å². The summed E-state index contributed by atoms with van der Waals surface area (Å²) in [6.07, 6.45) is 1.40. The van der Waals surface area contributed by atoms with Gasteiger partial charge in [0, 0.05) is 89.2 Å². The molecule has 530 valence electrons. The molecule has 9 nitrogen and oxygen atoms in total. The summed E-state index contributed by atoms with van der Waals surface area (Å²) in [6.45, 7) is 18.1. The first kappa shape index (κ1) is 76.0. The molecule has 0 aliphatic carbocycles. The van der Waals surface area contributed by atoms with Gasteiger partial charge in [0.2, 0.25) is 0 Å². The maximum atomic E-state index is 9.76. The Morgan fingerprint density at radius 1 is 0.448 bits per heavy atom. The van der Waals surface area contributed by atoms with Crippen LogP contribution in [-0.4, -0.2) is 55.8 Å². The van der Waals surface area contributed by atoms with E-state index in [-0.39, 0.29) is 30.9 Å². The molecule has 0 spiro atoms. The van der Waals surface area contributed by atoms with Gasteiger partial charge in [0.05, 0.1) is 31.9 Å². The van der Waals surface area contributed by atoms with E-state index in [0.29, 0.717) is 6.42 Å². The van der Waals surface area contributed by atoms with Crippen LogP contribution in [-0.2, 0) is 20.1 Å². The van der Waals surface area contributed by atoms with Gasteiger partial charge in [-0.15, -0.1) is 35.9 Å². The molecule has 2 heterocycles. The molecule has 12 heteroatoms. The van der Waals surface area contributed by atoms with E-state index in [1.807, 2.05) is 182 Å². The minimum atomic E-state index is -0.665. The molecule has 3 atom stereocenters. The maximum absolute atomic E-state index is 9.76. The fraction of sp³-hybridized carbons (Fsp3) is 0.151. The number of fused-ring (bicyclic) bond motifs is 1. The molecule has 3 unspecified atom stereocenters. The number of nitrogens with zero attached hydrogens (tertiary/aromatic N) is 5. The van der Waals surface area contributed by atoms with Crippen LogP contribution in [0.3, 0.4) is 0 Å². The Hall–Kier alpha value is -10.1. The van der Waals surface area contributed by atoms with Crippen molar-refractivity contribution in [1.82, 2.24) is 15.0 Å². The van der Waals surface area contributed by atoms with Crippen molar-refractivity contribution in [2.45, 2.75) is 80.9 Å². The van der Waals surface area contributed by atoms with Gasteiger partial charge in [0.15, 0.2) is 0 Å². The van der Waals surface area contributed by atoms with Crippen LogP contribution in [0.1, 0.15) is 64.8 Å². The van der Waals surface area contributed by atoms with Gasteiger partial charge in [-0.25, -0.2) is 4.98 Å². The van der Waals surface area contributed by atoms with Crippen LogP contribution in [0, 0.1) is 37.7 Å². The molecule has 2 aromatic heterocycles. The number of aliphatic hydroxyl groups excluding tert-OH is 2. The smallest absolute Gasteiger partial charge is 0.616 e. The number of hydrogen-bond donors (Lipinski definition) is 2. The molecule has 14 aromatic rings. The van der Waals surface area contributed by atoms with E-state index >= 15 is 0 Å². The van der Waals surface area contributed by atoms with E-state index in [2.05, 4.69) is 235 Å². The minimum absolute atomic E-state index is 0. The number of benzene rings is 12. The van der Waals surface area contributed by atoms with E-state index in [1.165, 1.54) is 33.4 Å². The van der Waals surface area contributed by atoms with Gasteiger partial charge >= 0.3 is 15.9 Å². The van der Waals surface area contributed by atoms with E-state index in [1.54, 1.807) is 0 Å². The zero-order valence-corrected chi connectivity index (χ0v) is 65.5. The number of para-hydroxylation sites is 3. The van der Waals surface area contributed by atoms with E-state index in [4.69, 9.17) is 20.1 Å². The molecule has 105 heavy (non-hydrogen) atoms. The second-order valence-corrected chi connectivity index (χ2v) is 28.2. The van der Waals surface area contributed by atoms with Crippen LogP contribution >= 0.6 is 9.79 Å². The average Bonchev–Trinajstić information content (AvgIpc) is 0.809. The topological polar surface area (TPSA) is 104 Å². The molecule has 0 amide bonds. The monoisotopic (exact) mass is 1600 g/mol. The third kappa shape index (κ3) is 22.0. The first-order valence-corrected chi connectivity index (χ1v) is 35.9. The minimum Gasteiger partial charge on any atom is -0.616 e. The third-order valence-electron chi connectivity index (χ3n) is 17.6. The molecule has 0 aliphatic rings. The summed E-state index contributed by atoms with van der Waals surface area (Å²) >= 11 is -0.665. The Labute approximate surface area is 647 Å². The van der Waals surface area contributed by atoms with Crippen LogP contribution in [0.2, 0.25) is 0 Å². The third-order valence-corrected chi connectivity index (χ3v) is 18.3. The Morgan fingerprint density at radius 2 is 0.867 bits per heavy atom. The molecule has 12 aromatic carbocycles. The first-order chi connectivity index (χ1) is 51.3. The van der Waals surface area contributed by atoms with Crippen LogP contribution in [0.4, 0.5) is 34.1 Å². The molecular weight excluding hydrogens is 1500 g/mol. The summed E-state index contributed by atoms with van der Waals surface area (Å²) in [7, 11) is -0.417.